The second-order valence-electron chi connectivity index (χ2n) is 4.28. The molecule has 0 aliphatic heterocycles. The fourth-order valence-electron chi connectivity index (χ4n) is 1.80. The van der Waals surface area contributed by atoms with Gasteiger partial charge in [0.05, 0.1) is 6.10 Å². The summed E-state index contributed by atoms with van der Waals surface area (Å²) in [5.41, 5.74) is 0. The van der Waals surface area contributed by atoms with Crippen molar-refractivity contribution in [1.82, 2.24) is 0 Å². The molecule has 0 rings (SSSR count). The third-order valence-corrected chi connectivity index (χ3v) is 2.88. The SMILES string of the molecule is CCCCCOC(CC)C(C)CCC=N. The lowest BCUT2D eigenvalue weighted by Gasteiger charge is -2.22. The van der Waals surface area contributed by atoms with Crippen molar-refractivity contribution in [1.29, 1.82) is 5.41 Å². The summed E-state index contributed by atoms with van der Waals surface area (Å²) in [5, 5.41) is 7.02. The molecule has 2 heteroatoms. The molecule has 2 unspecified atom stereocenters. The molecule has 0 fully saturated rings. The van der Waals surface area contributed by atoms with Gasteiger partial charge >= 0.3 is 0 Å². The summed E-state index contributed by atoms with van der Waals surface area (Å²) in [6.07, 6.45) is 8.65. The second-order valence-corrected chi connectivity index (χ2v) is 4.28. The fourth-order valence-corrected chi connectivity index (χ4v) is 1.80. The van der Waals surface area contributed by atoms with Crippen LogP contribution in [0.1, 0.15) is 59.3 Å². The van der Waals surface area contributed by atoms with Gasteiger partial charge in [-0.3, -0.25) is 0 Å². The molecule has 0 aromatic rings. The monoisotopic (exact) mass is 213 g/mol. The molecule has 0 aromatic heterocycles. The van der Waals surface area contributed by atoms with Crippen LogP contribution in [0.25, 0.3) is 0 Å². The zero-order valence-corrected chi connectivity index (χ0v) is 10.6. The lowest BCUT2D eigenvalue weighted by atomic mass is 9.97. The predicted molar refractivity (Wildman–Crippen MR) is 66.7 cm³/mol. The quantitative estimate of drug-likeness (QED) is 0.431. The number of ether oxygens (including phenoxy) is 1. The Morgan fingerprint density at radius 3 is 2.53 bits per heavy atom. The lowest BCUT2D eigenvalue weighted by Crippen LogP contribution is -2.21. The molecular formula is C13H27NO. The highest BCUT2D eigenvalue weighted by Gasteiger charge is 2.14. The molecule has 2 atom stereocenters. The third kappa shape index (κ3) is 7.55. The molecule has 90 valence electrons. The summed E-state index contributed by atoms with van der Waals surface area (Å²) >= 11 is 0. The zero-order chi connectivity index (χ0) is 11.5. The number of hydrogen-bond donors (Lipinski definition) is 1. The highest BCUT2D eigenvalue weighted by Crippen LogP contribution is 2.16. The molecule has 2 nitrogen and oxygen atoms in total. The summed E-state index contributed by atoms with van der Waals surface area (Å²) in [6, 6.07) is 0. The number of hydrogen-bond acceptors (Lipinski definition) is 2. The minimum absolute atomic E-state index is 0.391. The van der Waals surface area contributed by atoms with Crippen molar-refractivity contribution >= 4 is 6.21 Å². The molecule has 0 aliphatic carbocycles. The molecule has 0 aliphatic rings. The number of rotatable bonds is 10. The van der Waals surface area contributed by atoms with Crippen LogP contribution in [0.4, 0.5) is 0 Å². The van der Waals surface area contributed by atoms with Gasteiger partial charge in [-0.15, -0.1) is 0 Å². The Morgan fingerprint density at radius 1 is 1.27 bits per heavy atom. The van der Waals surface area contributed by atoms with Crippen LogP contribution >= 0.6 is 0 Å². The van der Waals surface area contributed by atoms with Gasteiger partial charge in [0.2, 0.25) is 0 Å². The first kappa shape index (κ1) is 14.6. The maximum atomic E-state index is 7.02. The van der Waals surface area contributed by atoms with E-state index >= 15 is 0 Å². The predicted octanol–water partition coefficient (Wildman–Crippen LogP) is 4.04. The lowest BCUT2D eigenvalue weighted by molar-refractivity contribution is 0.0113. The highest BCUT2D eigenvalue weighted by atomic mass is 16.5. The molecule has 1 N–H and O–H groups in total. The van der Waals surface area contributed by atoms with Crippen LogP contribution in [0, 0.1) is 11.3 Å². The maximum absolute atomic E-state index is 7.02. The third-order valence-electron chi connectivity index (χ3n) is 2.88. The first-order valence-corrected chi connectivity index (χ1v) is 6.36. The van der Waals surface area contributed by atoms with Crippen LogP contribution in [0.5, 0.6) is 0 Å². The van der Waals surface area contributed by atoms with Crippen molar-refractivity contribution in [3.8, 4) is 0 Å². The molecule has 0 bridgehead atoms. The van der Waals surface area contributed by atoms with Gasteiger partial charge in [-0.2, -0.15) is 0 Å². The minimum Gasteiger partial charge on any atom is -0.378 e. The minimum atomic E-state index is 0.391. The van der Waals surface area contributed by atoms with E-state index in [-0.39, 0.29) is 0 Å². The van der Waals surface area contributed by atoms with Gasteiger partial charge in [-0.05, 0) is 37.8 Å². The first-order valence-electron chi connectivity index (χ1n) is 6.36. The summed E-state index contributed by atoms with van der Waals surface area (Å²) in [7, 11) is 0. The van der Waals surface area contributed by atoms with Crippen molar-refractivity contribution in [2.45, 2.75) is 65.4 Å². The van der Waals surface area contributed by atoms with E-state index in [0.717, 1.165) is 25.9 Å². The van der Waals surface area contributed by atoms with Crippen molar-refractivity contribution in [3.05, 3.63) is 0 Å². The van der Waals surface area contributed by atoms with Gasteiger partial charge in [0, 0.05) is 6.61 Å². The van der Waals surface area contributed by atoms with Crippen LogP contribution in [0.2, 0.25) is 0 Å². The van der Waals surface area contributed by atoms with Crippen molar-refractivity contribution in [2.24, 2.45) is 5.92 Å². The second kappa shape index (κ2) is 10.2. The summed E-state index contributed by atoms with van der Waals surface area (Å²) < 4.78 is 5.88. The largest absolute Gasteiger partial charge is 0.378 e. The van der Waals surface area contributed by atoms with Gasteiger partial charge in [-0.25, -0.2) is 0 Å². The van der Waals surface area contributed by atoms with Crippen molar-refractivity contribution in [3.63, 3.8) is 0 Å². The number of nitrogens with one attached hydrogen (secondary N) is 1. The highest BCUT2D eigenvalue weighted by molar-refractivity contribution is 5.52. The Balaban J connectivity index is 3.64. The molecule has 0 spiro atoms. The number of unbranched alkanes of at least 4 members (excludes halogenated alkanes) is 2. The van der Waals surface area contributed by atoms with E-state index in [4.69, 9.17) is 10.1 Å². The molecule has 0 heterocycles. The van der Waals surface area contributed by atoms with E-state index < -0.39 is 0 Å². The van der Waals surface area contributed by atoms with Crippen molar-refractivity contribution in [2.75, 3.05) is 6.61 Å². The van der Waals surface area contributed by atoms with Crippen LogP contribution < -0.4 is 0 Å². The Labute approximate surface area is 94.9 Å². The first-order chi connectivity index (χ1) is 7.26. The normalized spacial score (nSPS) is 14.9. The zero-order valence-electron chi connectivity index (χ0n) is 10.6. The van der Waals surface area contributed by atoms with Crippen molar-refractivity contribution < 1.29 is 4.74 Å². The van der Waals surface area contributed by atoms with Gasteiger partial charge in [0.25, 0.3) is 0 Å². The topological polar surface area (TPSA) is 33.1 Å². The van der Waals surface area contributed by atoms with Crippen LogP contribution in [0.3, 0.4) is 0 Å². The fraction of sp³-hybridized carbons (Fsp3) is 0.923. The van der Waals surface area contributed by atoms with Gasteiger partial charge in [0.15, 0.2) is 0 Å². The van der Waals surface area contributed by atoms with E-state index in [0.29, 0.717) is 12.0 Å². The Kier molecular flexibility index (Phi) is 9.91. The van der Waals surface area contributed by atoms with Crippen LogP contribution in [0.15, 0.2) is 0 Å². The van der Waals surface area contributed by atoms with Crippen LogP contribution in [-0.2, 0) is 4.74 Å². The van der Waals surface area contributed by atoms with Gasteiger partial charge < -0.3 is 10.1 Å². The molecule has 0 saturated heterocycles. The smallest absolute Gasteiger partial charge is 0.0598 e. The molecule has 0 amide bonds. The summed E-state index contributed by atoms with van der Waals surface area (Å²) in [4.78, 5) is 0. The average molecular weight is 213 g/mol. The Bertz CT molecular complexity index is 147. The van der Waals surface area contributed by atoms with E-state index in [1.807, 2.05) is 0 Å². The van der Waals surface area contributed by atoms with Gasteiger partial charge in [0.1, 0.15) is 0 Å². The van der Waals surface area contributed by atoms with E-state index in [1.54, 1.807) is 0 Å². The maximum Gasteiger partial charge on any atom is 0.0598 e. The molecule has 0 saturated carbocycles. The summed E-state index contributed by atoms with van der Waals surface area (Å²) in [5.74, 6) is 0.582. The standard InChI is InChI=1S/C13H27NO/c1-4-6-7-11-15-13(5-2)12(3)9-8-10-14/h10,12-14H,4-9,11H2,1-3H3. The Morgan fingerprint density at radius 2 is 2.00 bits per heavy atom. The molecule has 0 aromatic carbocycles. The molecular weight excluding hydrogens is 186 g/mol. The van der Waals surface area contributed by atoms with Crippen LogP contribution in [-0.4, -0.2) is 18.9 Å². The van der Waals surface area contributed by atoms with E-state index in [1.165, 1.54) is 25.5 Å². The average Bonchev–Trinajstić information content (AvgIpc) is 2.26. The Hall–Kier alpha value is -0.370. The van der Waals surface area contributed by atoms with E-state index in [9.17, 15) is 0 Å². The molecule has 15 heavy (non-hydrogen) atoms. The van der Waals surface area contributed by atoms with E-state index in [2.05, 4.69) is 20.8 Å². The van der Waals surface area contributed by atoms with Gasteiger partial charge in [-0.1, -0.05) is 33.6 Å². The summed E-state index contributed by atoms with van der Waals surface area (Å²) in [6.45, 7) is 7.54. The molecule has 0 radical (unpaired) electrons.